The standard InChI is InChI=1S/C12H14BN2O4/c16-8-13-14-6-10-4-2-1-3-9(10)5-11(14)12(17)7-15(18)19/h1-4,8,11-12,17H,5-7H2/t11-,12-/m1/s1. The molecule has 99 valence electrons. The summed E-state index contributed by atoms with van der Waals surface area (Å²) < 4.78 is 0. The number of nitrogens with zero attached hydrogens (tertiary/aromatic N) is 2. The van der Waals surface area contributed by atoms with Crippen molar-refractivity contribution in [3.05, 3.63) is 45.5 Å². The van der Waals surface area contributed by atoms with Crippen LogP contribution in [0.3, 0.4) is 0 Å². The molecule has 1 heterocycles. The molecule has 0 amide bonds. The molecule has 1 N–H and O–H groups in total. The minimum absolute atomic E-state index is 0.439. The van der Waals surface area contributed by atoms with Crippen molar-refractivity contribution in [2.45, 2.75) is 25.1 Å². The molecular formula is C12H14BN2O4. The number of rotatable bonds is 5. The van der Waals surface area contributed by atoms with E-state index < -0.39 is 23.6 Å². The zero-order valence-corrected chi connectivity index (χ0v) is 10.3. The molecule has 0 fully saturated rings. The molecule has 2 rings (SSSR count). The lowest BCUT2D eigenvalue weighted by atomic mass is 9.82. The minimum Gasteiger partial charge on any atom is -0.385 e. The first-order chi connectivity index (χ1) is 9.11. The van der Waals surface area contributed by atoms with E-state index in [2.05, 4.69) is 0 Å². The van der Waals surface area contributed by atoms with Crippen molar-refractivity contribution in [2.24, 2.45) is 0 Å². The summed E-state index contributed by atoms with van der Waals surface area (Å²) in [5.41, 5.74) is 2.13. The molecule has 1 aliphatic heterocycles. The van der Waals surface area contributed by atoms with Crippen molar-refractivity contribution in [3.8, 4) is 0 Å². The maximum absolute atomic E-state index is 10.7. The number of aliphatic hydroxyl groups is 1. The number of carbonyl (C=O) groups excluding carboxylic acids is 1. The molecule has 6 nitrogen and oxygen atoms in total. The van der Waals surface area contributed by atoms with Gasteiger partial charge in [0, 0.05) is 17.5 Å². The first kappa shape index (κ1) is 13.7. The van der Waals surface area contributed by atoms with E-state index in [0.717, 1.165) is 11.1 Å². The Hall–Kier alpha value is -1.73. The molecule has 0 aromatic heterocycles. The fourth-order valence-electron chi connectivity index (χ4n) is 2.44. The third-order valence-electron chi connectivity index (χ3n) is 3.36. The summed E-state index contributed by atoms with van der Waals surface area (Å²) >= 11 is 0. The predicted octanol–water partition coefficient (Wildman–Crippen LogP) is -0.140. The fourth-order valence-corrected chi connectivity index (χ4v) is 2.44. The highest BCUT2D eigenvalue weighted by Crippen LogP contribution is 2.24. The van der Waals surface area contributed by atoms with Crippen molar-refractivity contribution >= 4 is 13.6 Å². The third-order valence-corrected chi connectivity index (χ3v) is 3.36. The second-order valence-corrected chi connectivity index (χ2v) is 4.58. The number of benzene rings is 1. The van der Waals surface area contributed by atoms with E-state index in [1.807, 2.05) is 24.3 Å². The van der Waals surface area contributed by atoms with Crippen LogP contribution in [0.25, 0.3) is 0 Å². The smallest absolute Gasteiger partial charge is 0.293 e. The summed E-state index contributed by atoms with van der Waals surface area (Å²) in [5, 5.41) is 20.5. The van der Waals surface area contributed by atoms with Crippen molar-refractivity contribution in [3.63, 3.8) is 0 Å². The van der Waals surface area contributed by atoms with Crippen LogP contribution in [0.2, 0.25) is 0 Å². The highest BCUT2D eigenvalue weighted by Gasteiger charge is 2.33. The topological polar surface area (TPSA) is 83.7 Å². The number of carbonyl (C=O) groups is 1. The van der Waals surface area contributed by atoms with Gasteiger partial charge in [0.15, 0.2) is 0 Å². The van der Waals surface area contributed by atoms with Crippen molar-refractivity contribution in [1.82, 2.24) is 4.81 Å². The number of fused-ring (bicyclic) bond motifs is 1. The molecule has 19 heavy (non-hydrogen) atoms. The van der Waals surface area contributed by atoms with Crippen LogP contribution < -0.4 is 0 Å². The predicted molar refractivity (Wildman–Crippen MR) is 69.8 cm³/mol. The second kappa shape index (κ2) is 5.94. The Bertz CT molecular complexity index is 483. The average Bonchev–Trinajstić information content (AvgIpc) is 2.37. The van der Waals surface area contributed by atoms with Crippen LogP contribution in [0.4, 0.5) is 0 Å². The third kappa shape index (κ3) is 3.18. The number of hydrogen-bond acceptors (Lipinski definition) is 5. The van der Waals surface area contributed by atoms with Crippen LogP contribution in [-0.4, -0.2) is 47.1 Å². The van der Waals surface area contributed by atoms with E-state index in [1.165, 1.54) is 7.41 Å². The molecule has 0 bridgehead atoms. The van der Waals surface area contributed by atoms with Gasteiger partial charge in [-0.25, -0.2) is 0 Å². The van der Waals surface area contributed by atoms with E-state index >= 15 is 0 Å². The number of aliphatic hydroxyl groups excluding tert-OH is 1. The lowest BCUT2D eigenvalue weighted by molar-refractivity contribution is -0.491. The van der Waals surface area contributed by atoms with Gasteiger partial charge in [0.25, 0.3) is 7.41 Å². The van der Waals surface area contributed by atoms with Crippen LogP contribution in [-0.2, 0) is 17.8 Å². The molecule has 0 unspecified atom stereocenters. The summed E-state index contributed by atoms with van der Waals surface area (Å²) in [7, 11) is 1.34. The van der Waals surface area contributed by atoms with Gasteiger partial charge in [0.1, 0.15) is 6.10 Å². The van der Waals surface area contributed by atoms with E-state index in [1.54, 1.807) is 4.81 Å². The molecule has 0 saturated carbocycles. The lowest BCUT2D eigenvalue weighted by Gasteiger charge is -2.37. The Morgan fingerprint density at radius 2 is 2.21 bits per heavy atom. The van der Waals surface area contributed by atoms with Gasteiger partial charge in [0.2, 0.25) is 6.54 Å². The van der Waals surface area contributed by atoms with E-state index in [-0.39, 0.29) is 0 Å². The Balaban J connectivity index is 2.20. The molecule has 1 aromatic carbocycles. The van der Waals surface area contributed by atoms with Crippen LogP contribution >= 0.6 is 0 Å². The fraction of sp³-hybridized carbons (Fsp3) is 0.417. The van der Waals surface area contributed by atoms with Gasteiger partial charge in [-0.15, -0.1) is 0 Å². The zero-order chi connectivity index (χ0) is 13.8. The highest BCUT2D eigenvalue weighted by atomic mass is 16.6. The maximum atomic E-state index is 10.7. The molecule has 1 aliphatic rings. The van der Waals surface area contributed by atoms with E-state index in [0.29, 0.717) is 19.2 Å². The lowest BCUT2D eigenvalue weighted by Crippen LogP contribution is -2.51. The summed E-state index contributed by atoms with van der Waals surface area (Å²) in [4.78, 5) is 22.3. The Morgan fingerprint density at radius 1 is 1.53 bits per heavy atom. The van der Waals surface area contributed by atoms with Crippen molar-refractivity contribution < 1.29 is 14.8 Å². The molecule has 0 spiro atoms. The largest absolute Gasteiger partial charge is 0.385 e. The van der Waals surface area contributed by atoms with Gasteiger partial charge in [-0.1, -0.05) is 24.3 Å². The summed E-state index contributed by atoms with van der Waals surface area (Å²) in [6.07, 6.45) is 0.0366. The first-order valence-electron chi connectivity index (χ1n) is 6.03. The van der Waals surface area contributed by atoms with Crippen LogP contribution in [0.5, 0.6) is 0 Å². The highest BCUT2D eigenvalue weighted by molar-refractivity contribution is 6.64. The molecule has 0 saturated heterocycles. The average molecular weight is 261 g/mol. The minimum atomic E-state index is -1.10. The Morgan fingerprint density at radius 3 is 2.84 bits per heavy atom. The van der Waals surface area contributed by atoms with Gasteiger partial charge >= 0.3 is 0 Å². The molecule has 0 aliphatic carbocycles. The van der Waals surface area contributed by atoms with E-state index in [9.17, 15) is 20.0 Å². The maximum Gasteiger partial charge on any atom is 0.293 e. The van der Waals surface area contributed by atoms with Crippen LogP contribution in [0, 0.1) is 10.1 Å². The quantitative estimate of drug-likeness (QED) is 0.345. The van der Waals surface area contributed by atoms with Gasteiger partial charge in [-0.2, -0.15) is 0 Å². The molecule has 1 radical (unpaired) electrons. The van der Waals surface area contributed by atoms with Gasteiger partial charge < -0.3 is 14.7 Å². The Labute approximate surface area is 111 Å². The monoisotopic (exact) mass is 261 g/mol. The zero-order valence-electron chi connectivity index (χ0n) is 10.3. The van der Waals surface area contributed by atoms with Crippen LogP contribution in [0.15, 0.2) is 24.3 Å². The number of hydrogen-bond donors (Lipinski definition) is 1. The molecule has 2 atom stereocenters. The Kier molecular flexibility index (Phi) is 4.29. The van der Waals surface area contributed by atoms with Crippen molar-refractivity contribution in [2.75, 3.05) is 6.54 Å². The van der Waals surface area contributed by atoms with E-state index in [4.69, 9.17) is 0 Å². The van der Waals surface area contributed by atoms with Gasteiger partial charge in [-0.05, 0) is 17.5 Å². The second-order valence-electron chi connectivity index (χ2n) is 4.58. The normalized spacial score (nSPS) is 20.4. The van der Waals surface area contributed by atoms with Gasteiger partial charge in [-0.3, -0.25) is 10.1 Å². The SMILES string of the molecule is O=C[B]N1Cc2ccccc2C[C@@H]1[C@H](O)C[N+](=O)[O-]. The summed E-state index contributed by atoms with van der Waals surface area (Å²) in [6, 6.07) is 7.27. The summed E-state index contributed by atoms with van der Waals surface area (Å²) in [6.45, 7) is -0.0373. The molecule has 1 aromatic rings. The summed E-state index contributed by atoms with van der Waals surface area (Å²) in [5.74, 6) is 0. The van der Waals surface area contributed by atoms with Crippen LogP contribution in [0.1, 0.15) is 11.1 Å². The van der Waals surface area contributed by atoms with Gasteiger partial charge in [0.05, 0.1) is 6.19 Å². The van der Waals surface area contributed by atoms with Crippen molar-refractivity contribution in [1.29, 1.82) is 0 Å². The number of nitro groups is 1. The molecular weight excluding hydrogens is 247 g/mol. The molecule has 7 heteroatoms. The first-order valence-corrected chi connectivity index (χ1v) is 6.03.